The highest BCUT2D eigenvalue weighted by molar-refractivity contribution is 5.96. The van der Waals surface area contributed by atoms with E-state index in [1.165, 1.54) is 0 Å². The number of carboxylic acids is 2. The van der Waals surface area contributed by atoms with Crippen LogP contribution in [-0.4, -0.2) is 60.9 Å². The van der Waals surface area contributed by atoms with Gasteiger partial charge in [-0.15, -0.1) is 0 Å². The zero-order valence-corrected chi connectivity index (χ0v) is 21.2. The molecule has 2 N–H and O–H groups in total. The number of carbonyl (C=O) groups excluding carboxylic acids is 2. The van der Waals surface area contributed by atoms with Gasteiger partial charge in [-0.3, -0.25) is 4.79 Å². The Balaban J connectivity index is 4.71. The molecule has 0 radical (unpaired) electrons. The summed E-state index contributed by atoms with van der Waals surface area (Å²) in [5.41, 5.74) is -3.21. The molecule has 0 saturated carbocycles. The third-order valence-electron chi connectivity index (χ3n) is 5.55. The van der Waals surface area contributed by atoms with E-state index in [2.05, 4.69) is 20.4 Å². The van der Waals surface area contributed by atoms with Gasteiger partial charge in [0.1, 0.15) is 13.2 Å². The predicted octanol–water partition coefficient (Wildman–Crippen LogP) is 5.73. The Morgan fingerprint density at radius 3 is 1.34 bits per heavy atom. The summed E-state index contributed by atoms with van der Waals surface area (Å²) in [7, 11) is 0. The van der Waals surface area contributed by atoms with E-state index in [1.54, 1.807) is 0 Å². The number of aliphatic carboxylic acids is 2. The van der Waals surface area contributed by atoms with Crippen LogP contribution in [0, 0.1) is 5.41 Å². The van der Waals surface area contributed by atoms with E-state index >= 15 is 0 Å². The molecule has 0 aliphatic carbocycles. The molecular formula is C25H42O10. The quantitative estimate of drug-likeness (QED) is 0.113. The second-order valence-corrected chi connectivity index (χ2v) is 8.48. The monoisotopic (exact) mass is 502 g/mol. The molecule has 0 spiro atoms. The SMILES string of the molecule is C=C(C(=O)O)C(COC(=O)OCCCCCCCC)(COC(=O)OCCCCCCCC)C(=O)O. The first-order chi connectivity index (χ1) is 16.7. The van der Waals surface area contributed by atoms with E-state index in [4.69, 9.17) is 18.9 Å². The molecule has 0 aromatic rings. The average molecular weight is 503 g/mol. The van der Waals surface area contributed by atoms with Gasteiger partial charge in [0, 0.05) is 0 Å². The molecule has 0 aromatic heterocycles. The number of carboxylic acid groups (broad SMARTS) is 2. The van der Waals surface area contributed by atoms with E-state index < -0.39 is 48.5 Å². The van der Waals surface area contributed by atoms with Gasteiger partial charge in [-0.1, -0.05) is 84.6 Å². The second kappa shape index (κ2) is 19.5. The first kappa shape index (κ1) is 32.2. The standard InChI is InChI=1S/C25H42O10/c1-4-6-8-10-12-14-16-32-23(30)34-18-25(22(28)29,20(3)21(26)27)19-35-24(31)33-17-15-13-11-9-7-5-2/h3-19H2,1-2H3,(H,26,27)(H,28,29). The van der Waals surface area contributed by atoms with Gasteiger partial charge in [0.05, 0.1) is 18.8 Å². The lowest BCUT2D eigenvalue weighted by Gasteiger charge is -2.28. The number of rotatable bonds is 21. The smallest absolute Gasteiger partial charge is 0.480 e. The molecule has 10 heteroatoms. The molecule has 0 heterocycles. The van der Waals surface area contributed by atoms with Gasteiger partial charge in [0.2, 0.25) is 0 Å². The van der Waals surface area contributed by atoms with E-state index in [-0.39, 0.29) is 13.2 Å². The molecule has 202 valence electrons. The molecule has 0 aliphatic rings. The summed E-state index contributed by atoms with van der Waals surface area (Å²) in [6, 6.07) is 0. The van der Waals surface area contributed by atoms with Crippen molar-refractivity contribution in [3.8, 4) is 0 Å². The normalized spacial score (nSPS) is 10.9. The van der Waals surface area contributed by atoms with Crippen LogP contribution in [0.5, 0.6) is 0 Å². The summed E-state index contributed by atoms with van der Waals surface area (Å²) in [6.07, 6.45) is 9.45. The highest BCUT2D eigenvalue weighted by atomic mass is 16.7. The number of hydrogen-bond donors (Lipinski definition) is 2. The van der Waals surface area contributed by atoms with Gasteiger partial charge >= 0.3 is 24.2 Å². The minimum Gasteiger partial charge on any atom is -0.480 e. The fourth-order valence-corrected chi connectivity index (χ4v) is 3.20. The lowest BCUT2D eigenvalue weighted by molar-refractivity contribution is -0.155. The van der Waals surface area contributed by atoms with Crippen LogP contribution in [-0.2, 0) is 28.5 Å². The average Bonchev–Trinajstić information content (AvgIpc) is 2.82. The van der Waals surface area contributed by atoms with Gasteiger partial charge in [0.15, 0.2) is 5.41 Å². The lowest BCUT2D eigenvalue weighted by Crippen LogP contribution is -2.45. The molecule has 0 amide bonds. The zero-order chi connectivity index (χ0) is 26.5. The van der Waals surface area contributed by atoms with E-state index in [0.29, 0.717) is 12.8 Å². The summed E-state index contributed by atoms with van der Waals surface area (Å²) in [5.74, 6) is -3.32. The van der Waals surface area contributed by atoms with Crippen LogP contribution in [0.1, 0.15) is 90.9 Å². The van der Waals surface area contributed by atoms with Crippen LogP contribution in [0.4, 0.5) is 9.59 Å². The molecule has 0 aliphatic heterocycles. The van der Waals surface area contributed by atoms with E-state index in [9.17, 15) is 29.4 Å². The molecule has 0 unspecified atom stereocenters. The fourth-order valence-electron chi connectivity index (χ4n) is 3.20. The fraction of sp³-hybridized carbons (Fsp3) is 0.760. The van der Waals surface area contributed by atoms with Crippen LogP contribution in [0.2, 0.25) is 0 Å². The van der Waals surface area contributed by atoms with Crippen LogP contribution in [0.3, 0.4) is 0 Å². The Kier molecular flexibility index (Phi) is 18.0. The highest BCUT2D eigenvalue weighted by Gasteiger charge is 2.48. The van der Waals surface area contributed by atoms with Gasteiger partial charge in [-0.05, 0) is 12.8 Å². The Labute approximate surface area is 207 Å². The molecule has 35 heavy (non-hydrogen) atoms. The summed E-state index contributed by atoms with van der Waals surface area (Å²) in [5, 5.41) is 19.0. The minimum atomic E-state index is -2.40. The molecule has 10 nitrogen and oxygen atoms in total. The summed E-state index contributed by atoms with van der Waals surface area (Å²) in [4.78, 5) is 47.2. The first-order valence-electron chi connectivity index (χ1n) is 12.5. The largest absolute Gasteiger partial charge is 0.508 e. The van der Waals surface area contributed by atoms with Crippen molar-refractivity contribution < 1.29 is 48.3 Å². The Morgan fingerprint density at radius 2 is 1.00 bits per heavy atom. The Hall–Kier alpha value is -2.78. The zero-order valence-electron chi connectivity index (χ0n) is 21.2. The minimum absolute atomic E-state index is 0.0895. The third kappa shape index (κ3) is 14.3. The maximum Gasteiger partial charge on any atom is 0.508 e. The first-order valence-corrected chi connectivity index (χ1v) is 12.5. The van der Waals surface area contributed by atoms with Crippen molar-refractivity contribution in [3.63, 3.8) is 0 Å². The van der Waals surface area contributed by atoms with Gasteiger partial charge in [0.25, 0.3) is 0 Å². The van der Waals surface area contributed by atoms with E-state index in [1.807, 2.05) is 0 Å². The molecule has 0 atom stereocenters. The second-order valence-electron chi connectivity index (χ2n) is 8.48. The maximum absolute atomic E-state index is 12.0. The summed E-state index contributed by atoms with van der Waals surface area (Å²) >= 11 is 0. The predicted molar refractivity (Wildman–Crippen MR) is 128 cm³/mol. The number of carbonyl (C=O) groups is 4. The summed E-state index contributed by atoms with van der Waals surface area (Å²) < 4.78 is 19.6. The summed E-state index contributed by atoms with van der Waals surface area (Å²) in [6.45, 7) is 5.81. The molecule has 0 saturated heterocycles. The maximum atomic E-state index is 12.0. The van der Waals surface area contributed by atoms with Crippen molar-refractivity contribution in [1.29, 1.82) is 0 Å². The Bertz CT molecular complexity index is 625. The number of unbranched alkanes of at least 4 members (excludes halogenated alkanes) is 10. The van der Waals surface area contributed by atoms with Crippen LogP contribution < -0.4 is 0 Å². The number of hydrogen-bond acceptors (Lipinski definition) is 8. The van der Waals surface area contributed by atoms with Crippen molar-refractivity contribution in [1.82, 2.24) is 0 Å². The molecular weight excluding hydrogens is 460 g/mol. The molecule has 0 rings (SSSR count). The highest BCUT2D eigenvalue weighted by Crippen LogP contribution is 2.29. The van der Waals surface area contributed by atoms with Crippen molar-refractivity contribution in [2.24, 2.45) is 5.41 Å². The van der Waals surface area contributed by atoms with Crippen molar-refractivity contribution in [2.75, 3.05) is 26.4 Å². The lowest BCUT2D eigenvalue weighted by atomic mass is 9.82. The van der Waals surface area contributed by atoms with Crippen LogP contribution in [0.15, 0.2) is 12.2 Å². The topological polar surface area (TPSA) is 146 Å². The Morgan fingerprint density at radius 1 is 0.629 bits per heavy atom. The van der Waals surface area contributed by atoms with Crippen LogP contribution in [0.25, 0.3) is 0 Å². The van der Waals surface area contributed by atoms with Crippen molar-refractivity contribution in [3.05, 3.63) is 12.2 Å². The number of ether oxygens (including phenoxy) is 4. The van der Waals surface area contributed by atoms with Gasteiger partial charge in [-0.2, -0.15) is 0 Å². The molecule has 0 bridgehead atoms. The van der Waals surface area contributed by atoms with Crippen molar-refractivity contribution >= 4 is 24.2 Å². The molecule has 0 fully saturated rings. The van der Waals surface area contributed by atoms with Gasteiger partial charge < -0.3 is 29.2 Å². The van der Waals surface area contributed by atoms with Gasteiger partial charge in [-0.25, -0.2) is 14.4 Å². The van der Waals surface area contributed by atoms with Crippen molar-refractivity contribution in [2.45, 2.75) is 90.9 Å². The van der Waals surface area contributed by atoms with E-state index in [0.717, 1.165) is 64.2 Å². The molecule has 0 aromatic carbocycles. The third-order valence-corrected chi connectivity index (χ3v) is 5.55. The van der Waals surface area contributed by atoms with Crippen LogP contribution >= 0.6 is 0 Å².